The topological polar surface area (TPSA) is 46.9 Å². The van der Waals surface area contributed by atoms with Crippen LogP contribution < -0.4 is 5.32 Å². The van der Waals surface area contributed by atoms with Gasteiger partial charge in [-0.15, -0.1) is 0 Å². The molecule has 1 amide bonds. The van der Waals surface area contributed by atoms with E-state index < -0.39 is 17.8 Å². The molecule has 0 aliphatic heterocycles. The van der Waals surface area contributed by atoms with Gasteiger partial charge in [-0.2, -0.15) is 18.3 Å². The Morgan fingerprint density at radius 1 is 1.33 bits per heavy atom. The van der Waals surface area contributed by atoms with E-state index >= 15 is 0 Å². The Morgan fingerprint density at radius 3 is 2.48 bits per heavy atom. The van der Waals surface area contributed by atoms with Gasteiger partial charge in [-0.05, 0) is 17.7 Å². The first kappa shape index (κ1) is 15.4. The summed E-state index contributed by atoms with van der Waals surface area (Å²) < 4.78 is 38.5. The van der Waals surface area contributed by atoms with Gasteiger partial charge in [0.15, 0.2) is 5.69 Å². The number of halogens is 4. The van der Waals surface area contributed by atoms with Gasteiger partial charge < -0.3 is 5.32 Å². The highest BCUT2D eigenvalue weighted by Gasteiger charge is 2.34. The summed E-state index contributed by atoms with van der Waals surface area (Å²) >= 11 is 5.73. The van der Waals surface area contributed by atoms with Gasteiger partial charge in [0.2, 0.25) is 5.91 Å². The molecular formula is C13H11ClF3N3O. The molecule has 1 aromatic carbocycles. The molecule has 0 saturated carbocycles. The molecule has 0 fully saturated rings. The van der Waals surface area contributed by atoms with Crippen molar-refractivity contribution in [2.24, 2.45) is 7.05 Å². The monoisotopic (exact) mass is 317 g/mol. The minimum Gasteiger partial charge on any atom is -0.311 e. The van der Waals surface area contributed by atoms with E-state index in [0.717, 1.165) is 10.7 Å². The van der Waals surface area contributed by atoms with Crippen molar-refractivity contribution in [3.63, 3.8) is 0 Å². The van der Waals surface area contributed by atoms with Gasteiger partial charge in [-0.25, -0.2) is 0 Å². The van der Waals surface area contributed by atoms with E-state index in [4.69, 9.17) is 11.6 Å². The lowest BCUT2D eigenvalue weighted by molar-refractivity contribution is -0.141. The molecule has 2 rings (SSSR count). The summed E-state index contributed by atoms with van der Waals surface area (Å²) in [5, 5.41) is 6.25. The van der Waals surface area contributed by atoms with E-state index in [1.165, 1.54) is 7.05 Å². The van der Waals surface area contributed by atoms with Crippen LogP contribution in [0.4, 0.5) is 19.0 Å². The number of rotatable bonds is 3. The number of nitrogens with one attached hydrogen (secondary N) is 1. The Morgan fingerprint density at radius 2 is 1.95 bits per heavy atom. The molecule has 0 saturated heterocycles. The highest BCUT2D eigenvalue weighted by molar-refractivity contribution is 6.30. The number of carbonyl (C=O) groups is 1. The first-order valence-corrected chi connectivity index (χ1v) is 6.29. The van der Waals surface area contributed by atoms with Gasteiger partial charge in [0.05, 0.1) is 6.42 Å². The van der Waals surface area contributed by atoms with Crippen molar-refractivity contribution in [2.45, 2.75) is 12.6 Å². The van der Waals surface area contributed by atoms with Crippen molar-refractivity contribution in [3.05, 3.63) is 46.6 Å². The second-order valence-electron chi connectivity index (χ2n) is 4.39. The Bertz CT molecular complexity index is 650. The van der Waals surface area contributed by atoms with Crippen LogP contribution in [0.15, 0.2) is 30.3 Å². The van der Waals surface area contributed by atoms with Crippen molar-refractivity contribution in [2.75, 3.05) is 5.32 Å². The first-order chi connectivity index (χ1) is 9.75. The van der Waals surface area contributed by atoms with Gasteiger partial charge >= 0.3 is 6.18 Å². The van der Waals surface area contributed by atoms with E-state index in [0.29, 0.717) is 10.6 Å². The predicted octanol–water partition coefficient (Wildman–Crippen LogP) is 3.27. The lowest BCUT2D eigenvalue weighted by atomic mass is 10.1. The number of benzene rings is 1. The number of nitrogens with zero attached hydrogens (tertiary/aromatic N) is 2. The maximum Gasteiger partial charge on any atom is 0.435 e. The SMILES string of the molecule is Cn1nc(C(F)(F)F)cc1NC(=O)Cc1ccc(Cl)cc1. The van der Waals surface area contributed by atoms with E-state index in [-0.39, 0.29) is 12.2 Å². The van der Waals surface area contributed by atoms with Crippen LogP contribution in [0.25, 0.3) is 0 Å². The van der Waals surface area contributed by atoms with Crippen molar-refractivity contribution < 1.29 is 18.0 Å². The number of hydrogen-bond donors (Lipinski definition) is 1. The predicted molar refractivity (Wildman–Crippen MR) is 72.0 cm³/mol. The number of carbonyl (C=O) groups excluding carboxylic acids is 1. The van der Waals surface area contributed by atoms with E-state index in [1.54, 1.807) is 24.3 Å². The van der Waals surface area contributed by atoms with Crippen LogP contribution >= 0.6 is 11.6 Å². The summed E-state index contributed by atoms with van der Waals surface area (Å²) in [5.74, 6) is -0.449. The van der Waals surface area contributed by atoms with Crippen LogP contribution in [-0.4, -0.2) is 15.7 Å². The fourth-order valence-corrected chi connectivity index (χ4v) is 1.82. The number of aryl methyl sites for hydroxylation is 1. The molecule has 1 aromatic heterocycles. The van der Waals surface area contributed by atoms with E-state index in [9.17, 15) is 18.0 Å². The Balaban J connectivity index is 2.06. The first-order valence-electron chi connectivity index (χ1n) is 5.91. The zero-order valence-electron chi connectivity index (χ0n) is 10.9. The summed E-state index contributed by atoms with van der Waals surface area (Å²) in [6.45, 7) is 0. The molecule has 4 nitrogen and oxygen atoms in total. The second-order valence-corrected chi connectivity index (χ2v) is 4.82. The molecule has 0 aliphatic carbocycles. The molecule has 0 radical (unpaired) electrons. The average molecular weight is 318 g/mol. The van der Waals surface area contributed by atoms with Gasteiger partial charge in [-0.3, -0.25) is 9.48 Å². The number of aromatic nitrogens is 2. The molecule has 2 aromatic rings. The fourth-order valence-electron chi connectivity index (χ4n) is 1.70. The number of alkyl halides is 3. The lowest BCUT2D eigenvalue weighted by Gasteiger charge is -2.05. The molecule has 0 aliphatic rings. The molecule has 0 spiro atoms. The molecule has 1 N–H and O–H groups in total. The molecular weight excluding hydrogens is 307 g/mol. The van der Waals surface area contributed by atoms with E-state index in [2.05, 4.69) is 10.4 Å². The summed E-state index contributed by atoms with van der Waals surface area (Å²) in [4.78, 5) is 11.8. The summed E-state index contributed by atoms with van der Waals surface area (Å²) in [6, 6.07) is 7.41. The average Bonchev–Trinajstić information content (AvgIpc) is 2.74. The van der Waals surface area contributed by atoms with Crippen LogP contribution in [0.2, 0.25) is 5.02 Å². The summed E-state index contributed by atoms with van der Waals surface area (Å²) in [6.07, 6.45) is -4.51. The highest BCUT2D eigenvalue weighted by atomic mass is 35.5. The quantitative estimate of drug-likeness (QED) is 0.944. The number of hydrogen-bond acceptors (Lipinski definition) is 2. The third kappa shape index (κ3) is 3.98. The van der Waals surface area contributed by atoms with Crippen LogP contribution in [0.3, 0.4) is 0 Å². The largest absolute Gasteiger partial charge is 0.435 e. The Kier molecular flexibility index (Phi) is 4.22. The van der Waals surface area contributed by atoms with Crippen molar-refractivity contribution in [1.82, 2.24) is 9.78 Å². The van der Waals surface area contributed by atoms with Crippen LogP contribution in [0, 0.1) is 0 Å². The lowest BCUT2D eigenvalue weighted by Crippen LogP contribution is -2.16. The zero-order chi connectivity index (χ0) is 15.6. The standard InChI is InChI=1S/C13H11ClF3N3O/c1-20-11(7-10(19-20)13(15,16)17)18-12(21)6-8-2-4-9(14)5-3-8/h2-5,7H,6H2,1H3,(H,18,21). The third-order valence-corrected chi connectivity index (χ3v) is 2.97. The molecule has 0 unspecified atom stereocenters. The normalized spacial score (nSPS) is 11.5. The van der Waals surface area contributed by atoms with Crippen molar-refractivity contribution in [1.29, 1.82) is 0 Å². The second kappa shape index (κ2) is 5.77. The summed E-state index contributed by atoms with van der Waals surface area (Å²) in [5.41, 5.74) is -0.345. The molecule has 8 heteroatoms. The number of amides is 1. The van der Waals surface area contributed by atoms with Gasteiger partial charge in [0.25, 0.3) is 0 Å². The minimum atomic E-state index is -4.54. The van der Waals surface area contributed by atoms with Gasteiger partial charge in [0, 0.05) is 18.1 Å². The molecule has 0 atom stereocenters. The van der Waals surface area contributed by atoms with Crippen LogP contribution in [-0.2, 0) is 24.4 Å². The third-order valence-electron chi connectivity index (χ3n) is 2.72. The maximum atomic E-state index is 12.5. The highest BCUT2D eigenvalue weighted by Crippen LogP contribution is 2.29. The van der Waals surface area contributed by atoms with Crippen molar-refractivity contribution >= 4 is 23.3 Å². The Labute approximate surface area is 123 Å². The molecule has 0 bridgehead atoms. The summed E-state index contributed by atoms with van der Waals surface area (Å²) in [7, 11) is 1.33. The van der Waals surface area contributed by atoms with Crippen LogP contribution in [0.5, 0.6) is 0 Å². The minimum absolute atomic E-state index is 0.0127. The maximum absolute atomic E-state index is 12.5. The molecule has 21 heavy (non-hydrogen) atoms. The fraction of sp³-hybridized carbons (Fsp3) is 0.231. The molecule has 112 valence electrons. The zero-order valence-corrected chi connectivity index (χ0v) is 11.7. The number of anilines is 1. The van der Waals surface area contributed by atoms with Gasteiger partial charge in [-0.1, -0.05) is 23.7 Å². The Hall–Kier alpha value is -2.02. The molecule has 1 heterocycles. The van der Waals surface area contributed by atoms with Crippen molar-refractivity contribution in [3.8, 4) is 0 Å². The van der Waals surface area contributed by atoms with E-state index in [1.807, 2.05) is 0 Å². The smallest absolute Gasteiger partial charge is 0.311 e. The van der Waals surface area contributed by atoms with Crippen LogP contribution in [0.1, 0.15) is 11.3 Å². The van der Waals surface area contributed by atoms with Gasteiger partial charge in [0.1, 0.15) is 5.82 Å².